The number of carbonyl (C=O) groups is 1. The maximum atomic E-state index is 12.5. The van der Waals surface area contributed by atoms with Gasteiger partial charge in [-0.05, 0) is 18.4 Å². The van der Waals surface area contributed by atoms with Crippen LogP contribution >= 0.6 is 0 Å². The molecule has 5 nitrogen and oxygen atoms in total. The molecule has 2 heterocycles. The second-order valence-electron chi connectivity index (χ2n) is 5.56. The van der Waals surface area contributed by atoms with Crippen LogP contribution in [0.2, 0.25) is 0 Å². The van der Waals surface area contributed by atoms with E-state index in [9.17, 15) is 4.79 Å². The number of aryl methyl sites for hydroxylation is 1. The highest BCUT2D eigenvalue weighted by Crippen LogP contribution is 2.26. The number of hydrogen-bond donors (Lipinski definition) is 1. The zero-order valence-electron chi connectivity index (χ0n) is 12.7. The topological polar surface area (TPSA) is 72.1 Å². The summed E-state index contributed by atoms with van der Waals surface area (Å²) in [6, 6.07) is 5.93. The number of rotatable bonds is 4. The Bertz CT molecular complexity index is 731. The fraction of sp³-hybridized carbons (Fsp3) is 0.353. The van der Waals surface area contributed by atoms with Crippen LogP contribution in [0.5, 0.6) is 0 Å². The lowest BCUT2D eigenvalue weighted by atomic mass is 10.0. The first-order valence-corrected chi connectivity index (χ1v) is 7.70. The Hall–Kier alpha value is -2.43. The zero-order chi connectivity index (χ0) is 15.5. The third-order valence-corrected chi connectivity index (χ3v) is 4.02. The highest BCUT2D eigenvalue weighted by Gasteiger charge is 2.22. The average molecular weight is 296 g/mol. The predicted octanol–water partition coefficient (Wildman–Crippen LogP) is 2.57. The van der Waals surface area contributed by atoms with Crippen molar-refractivity contribution in [3.63, 3.8) is 0 Å². The van der Waals surface area contributed by atoms with Crippen LogP contribution in [0, 0.1) is 0 Å². The van der Waals surface area contributed by atoms with E-state index in [2.05, 4.69) is 23.2 Å². The minimum Gasteiger partial charge on any atom is -0.396 e. The highest BCUT2D eigenvalue weighted by atomic mass is 16.2. The molecule has 0 spiro atoms. The zero-order valence-corrected chi connectivity index (χ0v) is 12.7. The number of nitrogen functional groups attached to an aromatic ring is 1. The fourth-order valence-electron chi connectivity index (χ4n) is 2.73. The third-order valence-electron chi connectivity index (χ3n) is 4.02. The molecule has 1 aliphatic rings. The molecular formula is C17H20N4O. The van der Waals surface area contributed by atoms with Crippen LogP contribution in [-0.4, -0.2) is 34.1 Å². The van der Waals surface area contributed by atoms with Crippen molar-refractivity contribution in [1.82, 2.24) is 15.1 Å². The lowest BCUT2D eigenvalue weighted by Gasteiger charge is -2.16. The van der Waals surface area contributed by atoms with E-state index in [1.54, 1.807) is 4.90 Å². The summed E-state index contributed by atoms with van der Waals surface area (Å²) in [5, 5.41) is 9.23. The van der Waals surface area contributed by atoms with Crippen molar-refractivity contribution in [1.29, 1.82) is 0 Å². The summed E-state index contributed by atoms with van der Waals surface area (Å²) in [6.45, 7) is 3.37. The number of hydrogen-bond acceptors (Lipinski definition) is 4. The average Bonchev–Trinajstić information content (AvgIpc) is 3.07. The third kappa shape index (κ3) is 2.54. The Morgan fingerprint density at radius 1 is 1.27 bits per heavy atom. The minimum atomic E-state index is -0.157. The van der Waals surface area contributed by atoms with Gasteiger partial charge in [0.25, 0.3) is 5.91 Å². The van der Waals surface area contributed by atoms with Gasteiger partial charge < -0.3 is 10.6 Å². The van der Waals surface area contributed by atoms with Crippen LogP contribution in [0.15, 0.2) is 30.4 Å². The van der Waals surface area contributed by atoms with Gasteiger partial charge in [-0.25, -0.2) is 0 Å². The molecule has 0 saturated carbocycles. The Labute approximate surface area is 129 Å². The number of aromatic nitrogens is 2. The van der Waals surface area contributed by atoms with Crippen LogP contribution in [0.4, 0.5) is 5.69 Å². The summed E-state index contributed by atoms with van der Waals surface area (Å²) in [5.74, 6) is -0.157. The van der Waals surface area contributed by atoms with E-state index in [4.69, 9.17) is 5.73 Å². The number of unbranched alkanes of at least 4 members (excludes halogenated alkanes) is 1. The minimum absolute atomic E-state index is 0.157. The van der Waals surface area contributed by atoms with E-state index < -0.39 is 0 Å². The molecule has 3 rings (SSSR count). The van der Waals surface area contributed by atoms with Crippen molar-refractivity contribution in [2.45, 2.75) is 26.2 Å². The molecule has 0 bridgehead atoms. The molecule has 0 atom stereocenters. The first kappa shape index (κ1) is 14.5. The first-order valence-electron chi connectivity index (χ1n) is 7.70. The quantitative estimate of drug-likeness (QED) is 0.880. The Morgan fingerprint density at radius 2 is 2.05 bits per heavy atom. The van der Waals surface area contributed by atoms with Crippen molar-refractivity contribution in [3.8, 4) is 0 Å². The summed E-state index contributed by atoms with van der Waals surface area (Å²) in [5.41, 5.74) is 8.85. The molecule has 0 saturated heterocycles. The van der Waals surface area contributed by atoms with Gasteiger partial charge in [0, 0.05) is 18.5 Å². The van der Waals surface area contributed by atoms with E-state index in [-0.39, 0.29) is 11.6 Å². The molecule has 0 aliphatic carbocycles. The second-order valence-corrected chi connectivity index (χ2v) is 5.56. The van der Waals surface area contributed by atoms with Crippen LogP contribution in [0.1, 0.15) is 35.8 Å². The molecule has 1 aromatic carbocycles. The van der Waals surface area contributed by atoms with Crippen LogP contribution < -0.4 is 5.73 Å². The number of carbonyl (C=O) groups excluding carboxylic acids is 1. The molecular weight excluding hydrogens is 276 g/mol. The molecule has 0 fully saturated rings. The Kier molecular flexibility index (Phi) is 4.04. The van der Waals surface area contributed by atoms with E-state index in [1.165, 1.54) is 0 Å². The first-order chi connectivity index (χ1) is 10.7. The standard InChI is InChI=1S/C17H20N4O/c1-2-3-7-12-8-6-9-13-14(18)16(20-19-15(12)13)17(22)21-10-4-5-11-21/h4-6,8-9H,2-3,7,10-11H2,1H3,(H2,18,19). The van der Waals surface area contributed by atoms with Gasteiger partial charge in [0.1, 0.15) is 0 Å². The SMILES string of the molecule is CCCCc1cccc2c(N)c(C(=O)N3CC=CC3)nnc12. The van der Waals surface area contributed by atoms with Crippen LogP contribution in [0.25, 0.3) is 10.9 Å². The van der Waals surface area contributed by atoms with E-state index in [1.807, 2.05) is 24.3 Å². The molecule has 2 aromatic rings. The van der Waals surface area contributed by atoms with Crippen molar-refractivity contribution in [3.05, 3.63) is 41.6 Å². The molecule has 5 heteroatoms. The van der Waals surface area contributed by atoms with E-state index in [0.717, 1.165) is 35.7 Å². The van der Waals surface area contributed by atoms with Crippen LogP contribution in [-0.2, 0) is 6.42 Å². The molecule has 0 radical (unpaired) electrons. The maximum Gasteiger partial charge on any atom is 0.277 e. The summed E-state index contributed by atoms with van der Waals surface area (Å²) in [6.07, 6.45) is 7.10. The largest absolute Gasteiger partial charge is 0.396 e. The second kappa shape index (κ2) is 6.13. The molecule has 2 N–H and O–H groups in total. The molecule has 1 amide bonds. The number of amides is 1. The van der Waals surface area contributed by atoms with Gasteiger partial charge in [0.15, 0.2) is 5.69 Å². The number of nitrogens with two attached hydrogens (primary N) is 1. The van der Waals surface area contributed by atoms with Crippen molar-refractivity contribution < 1.29 is 4.79 Å². The summed E-state index contributed by atoms with van der Waals surface area (Å²) >= 11 is 0. The molecule has 1 aliphatic heterocycles. The fourth-order valence-corrected chi connectivity index (χ4v) is 2.73. The summed E-state index contributed by atoms with van der Waals surface area (Å²) in [7, 11) is 0. The van der Waals surface area contributed by atoms with Crippen molar-refractivity contribution in [2.75, 3.05) is 18.8 Å². The van der Waals surface area contributed by atoms with Gasteiger partial charge in [0.05, 0.1) is 11.2 Å². The van der Waals surface area contributed by atoms with Gasteiger partial charge in [-0.1, -0.05) is 43.7 Å². The lowest BCUT2D eigenvalue weighted by molar-refractivity contribution is 0.0794. The number of benzene rings is 1. The summed E-state index contributed by atoms with van der Waals surface area (Å²) < 4.78 is 0. The predicted molar refractivity (Wildman–Crippen MR) is 87.6 cm³/mol. The Morgan fingerprint density at radius 3 is 2.77 bits per heavy atom. The highest BCUT2D eigenvalue weighted by molar-refractivity contribution is 6.05. The number of anilines is 1. The Balaban J connectivity index is 2.00. The smallest absolute Gasteiger partial charge is 0.277 e. The van der Waals surface area contributed by atoms with Gasteiger partial charge in [-0.3, -0.25) is 4.79 Å². The normalized spacial score (nSPS) is 14.0. The number of nitrogens with zero attached hydrogens (tertiary/aromatic N) is 3. The summed E-state index contributed by atoms with van der Waals surface area (Å²) in [4.78, 5) is 14.2. The van der Waals surface area contributed by atoms with Crippen molar-refractivity contribution in [2.24, 2.45) is 0 Å². The van der Waals surface area contributed by atoms with E-state index >= 15 is 0 Å². The molecule has 1 aromatic heterocycles. The number of fused-ring (bicyclic) bond motifs is 1. The molecule has 114 valence electrons. The maximum absolute atomic E-state index is 12.5. The van der Waals surface area contributed by atoms with Gasteiger partial charge in [0.2, 0.25) is 0 Å². The monoisotopic (exact) mass is 296 g/mol. The molecule has 22 heavy (non-hydrogen) atoms. The van der Waals surface area contributed by atoms with Crippen molar-refractivity contribution >= 4 is 22.5 Å². The van der Waals surface area contributed by atoms with Gasteiger partial charge in [-0.15, -0.1) is 10.2 Å². The van der Waals surface area contributed by atoms with Gasteiger partial charge >= 0.3 is 0 Å². The van der Waals surface area contributed by atoms with Crippen LogP contribution in [0.3, 0.4) is 0 Å². The molecule has 0 unspecified atom stereocenters. The van der Waals surface area contributed by atoms with E-state index in [0.29, 0.717) is 18.8 Å². The van der Waals surface area contributed by atoms with Gasteiger partial charge in [-0.2, -0.15) is 0 Å². The lowest BCUT2D eigenvalue weighted by Crippen LogP contribution is -2.30.